The van der Waals surface area contributed by atoms with E-state index in [4.69, 9.17) is 16.7 Å². The first-order valence-corrected chi connectivity index (χ1v) is 8.70. The van der Waals surface area contributed by atoms with Gasteiger partial charge in [0.15, 0.2) is 0 Å². The van der Waals surface area contributed by atoms with Gasteiger partial charge in [0.05, 0.1) is 0 Å². The van der Waals surface area contributed by atoms with Crippen LogP contribution in [0.2, 0.25) is 0 Å². The molecule has 0 radical (unpaired) electrons. The molecule has 0 saturated carbocycles. The summed E-state index contributed by atoms with van der Waals surface area (Å²) in [6, 6.07) is 1.64. The van der Waals surface area contributed by atoms with Gasteiger partial charge in [0, 0.05) is 25.7 Å². The molecule has 0 spiro atoms. The van der Waals surface area contributed by atoms with Crippen molar-refractivity contribution in [3.05, 3.63) is 6.07 Å². The number of carbonyl (C=O) groups excluding carboxylic acids is 1. The molecule has 1 amide bonds. The number of rotatable bonds is 11. The highest BCUT2D eigenvalue weighted by Crippen LogP contribution is 2.11. The standard InChI is InChI=1S/C16H30N6O3/c1-3-12(2)11-22(16(23)25-24)9-7-5-4-6-8-19-14-10-13(17)20-15(18)21-14/h10,12,24H,3-9,11H2,1-2H3,(H5,17,18,19,20,21). The summed E-state index contributed by atoms with van der Waals surface area (Å²) in [5, 5.41) is 11.7. The fourth-order valence-corrected chi connectivity index (χ4v) is 2.39. The fraction of sp³-hybridized carbons (Fsp3) is 0.688. The third-order valence-corrected chi connectivity index (χ3v) is 3.99. The van der Waals surface area contributed by atoms with Crippen molar-refractivity contribution in [3.8, 4) is 0 Å². The van der Waals surface area contributed by atoms with Gasteiger partial charge in [-0.05, 0) is 18.8 Å². The number of amides is 1. The largest absolute Gasteiger partial charge is 0.441 e. The van der Waals surface area contributed by atoms with E-state index >= 15 is 0 Å². The quantitative estimate of drug-likeness (QED) is 0.270. The van der Waals surface area contributed by atoms with Crippen LogP contribution in [0.25, 0.3) is 0 Å². The van der Waals surface area contributed by atoms with Crippen molar-refractivity contribution in [2.45, 2.75) is 46.0 Å². The van der Waals surface area contributed by atoms with Gasteiger partial charge in [0.1, 0.15) is 11.6 Å². The average Bonchev–Trinajstić information content (AvgIpc) is 2.58. The summed E-state index contributed by atoms with van der Waals surface area (Å²) in [7, 11) is 0. The fourth-order valence-electron chi connectivity index (χ4n) is 2.39. The maximum absolute atomic E-state index is 11.6. The van der Waals surface area contributed by atoms with E-state index in [1.807, 2.05) is 0 Å². The van der Waals surface area contributed by atoms with E-state index in [1.54, 1.807) is 11.0 Å². The summed E-state index contributed by atoms with van der Waals surface area (Å²) in [6.07, 6.45) is 4.10. The summed E-state index contributed by atoms with van der Waals surface area (Å²) < 4.78 is 0. The van der Waals surface area contributed by atoms with Crippen LogP contribution in [0.5, 0.6) is 0 Å². The number of carbonyl (C=O) groups is 1. The number of aromatic nitrogens is 2. The Morgan fingerprint density at radius 3 is 2.68 bits per heavy atom. The normalized spacial score (nSPS) is 11.8. The van der Waals surface area contributed by atoms with Crippen molar-refractivity contribution >= 4 is 23.7 Å². The number of nitrogens with two attached hydrogens (primary N) is 2. The number of nitrogens with one attached hydrogen (secondary N) is 1. The number of nitrogen functional groups attached to an aromatic ring is 2. The maximum Gasteiger partial charge on any atom is 0.441 e. The molecule has 0 aromatic carbocycles. The van der Waals surface area contributed by atoms with Gasteiger partial charge in [-0.15, -0.1) is 0 Å². The van der Waals surface area contributed by atoms with E-state index in [1.165, 1.54) is 0 Å². The topological polar surface area (TPSA) is 140 Å². The molecule has 142 valence electrons. The number of nitrogens with zero attached hydrogens (tertiary/aromatic N) is 3. The molecule has 0 aliphatic heterocycles. The molecule has 6 N–H and O–H groups in total. The van der Waals surface area contributed by atoms with Crippen LogP contribution >= 0.6 is 0 Å². The molecule has 0 aliphatic rings. The Morgan fingerprint density at radius 2 is 2.04 bits per heavy atom. The smallest absolute Gasteiger partial charge is 0.383 e. The Balaban J connectivity index is 2.20. The van der Waals surface area contributed by atoms with Gasteiger partial charge in [-0.1, -0.05) is 33.1 Å². The van der Waals surface area contributed by atoms with Crippen LogP contribution in [0.3, 0.4) is 0 Å². The van der Waals surface area contributed by atoms with Gasteiger partial charge < -0.3 is 21.7 Å². The predicted octanol–water partition coefficient (Wildman–Crippen LogP) is 2.57. The molecule has 1 aromatic heterocycles. The molecule has 1 unspecified atom stereocenters. The zero-order valence-corrected chi connectivity index (χ0v) is 15.1. The summed E-state index contributed by atoms with van der Waals surface area (Å²) in [4.78, 5) is 24.8. The minimum Gasteiger partial charge on any atom is -0.383 e. The molecular weight excluding hydrogens is 324 g/mol. The van der Waals surface area contributed by atoms with E-state index in [9.17, 15) is 4.79 Å². The van der Waals surface area contributed by atoms with E-state index in [-0.39, 0.29) is 5.95 Å². The van der Waals surface area contributed by atoms with E-state index < -0.39 is 6.09 Å². The van der Waals surface area contributed by atoms with Gasteiger partial charge >= 0.3 is 6.09 Å². The Labute approximate surface area is 148 Å². The number of hydrogen-bond donors (Lipinski definition) is 4. The molecule has 1 rings (SSSR count). The van der Waals surface area contributed by atoms with Crippen molar-refractivity contribution in [1.82, 2.24) is 14.9 Å². The molecule has 1 atom stereocenters. The molecule has 1 heterocycles. The number of hydrogen-bond acceptors (Lipinski definition) is 8. The number of unbranched alkanes of at least 4 members (excludes halogenated alkanes) is 3. The molecule has 0 fully saturated rings. The highest BCUT2D eigenvalue weighted by Gasteiger charge is 2.16. The van der Waals surface area contributed by atoms with Crippen LogP contribution in [-0.4, -0.2) is 45.9 Å². The van der Waals surface area contributed by atoms with Gasteiger partial charge in [-0.3, -0.25) is 4.89 Å². The molecule has 0 saturated heterocycles. The van der Waals surface area contributed by atoms with E-state index in [0.29, 0.717) is 30.6 Å². The summed E-state index contributed by atoms with van der Waals surface area (Å²) >= 11 is 0. The Hall–Kier alpha value is -2.29. The van der Waals surface area contributed by atoms with Crippen molar-refractivity contribution in [3.63, 3.8) is 0 Å². The van der Waals surface area contributed by atoms with Gasteiger partial charge in [0.2, 0.25) is 5.95 Å². The molecule has 25 heavy (non-hydrogen) atoms. The van der Waals surface area contributed by atoms with Crippen molar-refractivity contribution in [1.29, 1.82) is 0 Å². The molecule has 0 aliphatic carbocycles. The first kappa shape index (κ1) is 20.8. The first-order valence-electron chi connectivity index (χ1n) is 8.70. The lowest BCUT2D eigenvalue weighted by Gasteiger charge is -2.23. The summed E-state index contributed by atoms with van der Waals surface area (Å²) in [5.41, 5.74) is 11.1. The SMILES string of the molecule is CCC(C)CN(CCCCCCNc1cc(N)nc(N)n1)C(=O)OO. The highest BCUT2D eigenvalue weighted by molar-refractivity contribution is 5.66. The van der Waals surface area contributed by atoms with Gasteiger partial charge in [-0.25, -0.2) is 4.79 Å². The maximum atomic E-state index is 11.6. The summed E-state index contributed by atoms with van der Waals surface area (Å²) in [5.74, 6) is 1.48. The third kappa shape index (κ3) is 8.39. The average molecular weight is 354 g/mol. The minimum absolute atomic E-state index is 0.152. The van der Waals surface area contributed by atoms with Gasteiger partial charge in [0.25, 0.3) is 0 Å². The van der Waals surface area contributed by atoms with Crippen molar-refractivity contribution < 1.29 is 14.9 Å². The van der Waals surface area contributed by atoms with Crippen LogP contribution in [0.1, 0.15) is 46.0 Å². The minimum atomic E-state index is -0.680. The zero-order chi connectivity index (χ0) is 18.7. The van der Waals surface area contributed by atoms with Crippen LogP contribution in [0.15, 0.2) is 6.07 Å². The predicted molar refractivity (Wildman–Crippen MR) is 98.0 cm³/mol. The Morgan fingerprint density at radius 1 is 1.32 bits per heavy atom. The zero-order valence-electron chi connectivity index (χ0n) is 15.1. The molecule has 9 nitrogen and oxygen atoms in total. The third-order valence-electron chi connectivity index (χ3n) is 3.99. The van der Waals surface area contributed by atoms with E-state index in [2.05, 4.69) is 34.0 Å². The highest BCUT2D eigenvalue weighted by atomic mass is 17.1. The van der Waals surface area contributed by atoms with Crippen LogP contribution in [0.4, 0.5) is 22.4 Å². The van der Waals surface area contributed by atoms with E-state index in [0.717, 1.165) is 38.6 Å². The number of anilines is 3. The molecule has 9 heteroatoms. The van der Waals surface area contributed by atoms with Crippen molar-refractivity contribution in [2.75, 3.05) is 36.4 Å². The lowest BCUT2D eigenvalue weighted by Crippen LogP contribution is -2.35. The monoisotopic (exact) mass is 354 g/mol. The molecule has 0 bridgehead atoms. The second-order valence-corrected chi connectivity index (χ2v) is 6.19. The lowest BCUT2D eigenvalue weighted by atomic mass is 10.1. The second-order valence-electron chi connectivity index (χ2n) is 6.19. The molecule has 1 aromatic rings. The van der Waals surface area contributed by atoms with Crippen LogP contribution in [-0.2, 0) is 4.89 Å². The molecular formula is C16H30N6O3. The second kappa shape index (κ2) is 11.3. The van der Waals surface area contributed by atoms with Crippen molar-refractivity contribution in [2.24, 2.45) is 5.92 Å². The Bertz CT molecular complexity index is 508. The van der Waals surface area contributed by atoms with Crippen LogP contribution < -0.4 is 16.8 Å². The van der Waals surface area contributed by atoms with Crippen LogP contribution in [0, 0.1) is 5.92 Å². The summed E-state index contributed by atoms with van der Waals surface area (Å²) in [6.45, 7) is 6.06. The Kier molecular flexibility index (Phi) is 9.38. The van der Waals surface area contributed by atoms with Gasteiger partial charge in [-0.2, -0.15) is 15.2 Å². The first-order chi connectivity index (χ1) is 12.0. The lowest BCUT2D eigenvalue weighted by molar-refractivity contribution is -0.188.